The van der Waals surface area contributed by atoms with Crippen LogP contribution in [0, 0.1) is 6.92 Å². The van der Waals surface area contributed by atoms with E-state index in [4.69, 9.17) is 0 Å². The van der Waals surface area contributed by atoms with Gasteiger partial charge in [0.15, 0.2) is 0 Å². The van der Waals surface area contributed by atoms with Crippen LogP contribution in [0.25, 0.3) is 0 Å². The zero-order valence-electron chi connectivity index (χ0n) is 8.81. The van der Waals surface area contributed by atoms with Gasteiger partial charge in [0.1, 0.15) is 0 Å². The maximum Gasteiger partial charge on any atom is 0.0862 e. The predicted molar refractivity (Wildman–Crippen MR) is 55.1 cm³/mol. The van der Waals surface area contributed by atoms with Gasteiger partial charge < -0.3 is 10.2 Å². The summed E-state index contributed by atoms with van der Waals surface area (Å²) in [4.78, 5) is 3.99. The fourth-order valence-corrected chi connectivity index (χ4v) is 1.60. The van der Waals surface area contributed by atoms with E-state index in [1.807, 2.05) is 19.9 Å². The van der Waals surface area contributed by atoms with Crippen LogP contribution < -0.4 is 0 Å². The molecule has 1 aromatic rings. The minimum absolute atomic E-state index is 0.0713. The molecule has 0 fully saturated rings. The fraction of sp³-hybridized carbons (Fsp3) is 0.545. The van der Waals surface area contributed by atoms with Crippen LogP contribution in [0.2, 0.25) is 0 Å². The lowest BCUT2D eigenvalue weighted by Crippen LogP contribution is -2.28. The van der Waals surface area contributed by atoms with Crippen LogP contribution in [0.3, 0.4) is 0 Å². The minimum Gasteiger partial charge on any atom is -0.391 e. The van der Waals surface area contributed by atoms with Gasteiger partial charge in [-0.2, -0.15) is 0 Å². The SMILES string of the molecule is Cc1cnccc1[C@H](C)[C@H](O)[C@@H](C)O. The Morgan fingerprint density at radius 1 is 1.29 bits per heavy atom. The summed E-state index contributed by atoms with van der Waals surface area (Å²) in [5.74, 6) is -0.0713. The van der Waals surface area contributed by atoms with Crippen molar-refractivity contribution >= 4 is 0 Å². The number of aromatic nitrogens is 1. The molecule has 0 bridgehead atoms. The monoisotopic (exact) mass is 195 g/mol. The standard InChI is InChI=1S/C11H17NO2/c1-7-6-12-5-4-10(7)8(2)11(14)9(3)13/h4-6,8-9,11,13-14H,1-3H3/t8-,9+,11-/m0/s1. The Kier molecular flexibility index (Phi) is 3.61. The van der Waals surface area contributed by atoms with Gasteiger partial charge >= 0.3 is 0 Å². The fourth-order valence-electron chi connectivity index (χ4n) is 1.60. The van der Waals surface area contributed by atoms with Crippen LogP contribution >= 0.6 is 0 Å². The van der Waals surface area contributed by atoms with Crippen molar-refractivity contribution in [3.05, 3.63) is 29.6 Å². The maximum absolute atomic E-state index is 9.70. The number of hydrogen-bond donors (Lipinski definition) is 2. The zero-order chi connectivity index (χ0) is 10.7. The van der Waals surface area contributed by atoms with Crippen molar-refractivity contribution in [2.45, 2.75) is 38.9 Å². The molecule has 1 heterocycles. The highest BCUT2D eigenvalue weighted by molar-refractivity contribution is 5.26. The molecule has 0 saturated carbocycles. The molecule has 0 unspecified atom stereocenters. The zero-order valence-corrected chi connectivity index (χ0v) is 8.81. The second-order valence-corrected chi connectivity index (χ2v) is 3.75. The lowest BCUT2D eigenvalue weighted by atomic mass is 9.91. The van der Waals surface area contributed by atoms with Crippen LogP contribution in [0.4, 0.5) is 0 Å². The van der Waals surface area contributed by atoms with E-state index in [2.05, 4.69) is 4.98 Å². The Balaban J connectivity index is 2.89. The first-order valence-corrected chi connectivity index (χ1v) is 4.80. The highest BCUT2D eigenvalue weighted by atomic mass is 16.3. The highest BCUT2D eigenvalue weighted by Gasteiger charge is 2.21. The van der Waals surface area contributed by atoms with Gasteiger partial charge in [-0.05, 0) is 31.0 Å². The normalized spacial score (nSPS) is 17.5. The molecule has 0 aliphatic carbocycles. The molecular weight excluding hydrogens is 178 g/mol. The third-order valence-electron chi connectivity index (χ3n) is 2.56. The molecule has 3 nitrogen and oxygen atoms in total. The summed E-state index contributed by atoms with van der Waals surface area (Å²) in [7, 11) is 0. The van der Waals surface area contributed by atoms with Gasteiger partial charge in [-0.3, -0.25) is 4.98 Å². The molecule has 2 N–H and O–H groups in total. The Bertz CT molecular complexity index is 299. The van der Waals surface area contributed by atoms with Gasteiger partial charge in [0.2, 0.25) is 0 Å². The van der Waals surface area contributed by atoms with Crippen LogP contribution in [0.1, 0.15) is 30.9 Å². The molecule has 0 amide bonds. The van der Waals surface area contributed by atoms with E-state index in [0.29, 0.717) is 0 Å². The van der Waals surface area contributed by atoms with Crippen molar-refractivity contribution in [2.24, 2.45) is 0 Å². The van der Waals surface area contributed by atoms with Crippen LogP contribution in [-0.2, 0) is 0 Å². The molecule has 1 aromatic heterocycles. The Morgan fingerprint density at radius 3 is 2.43 bits per heavy atom. The van der Waals surface area contributed by atoms with Crippen molar-refractivity contribution < 1.29 is 10.2 Å². The van der Waals surface area contributed by atoms with Crippen molar-refractivity contribution in [3.63, 3.8) is 0 Å². The third-order valence-corrected chi connectivity index (χ3v) is 2.56. The van der Waals surface area contributed by atoms with E-state index in [-0.39, 0.29) is 5.92 Å². The summed E-state index contributed by atoms with van der Waals surface area (Å²) >= 11 is 0. The third kappa shape index (κ3) is 2.30. The first-order chi connectivity index (χ1) is 6.54. The molecule has 0 aromatic carbocycles. The van der Waals surface area contributed by atoms with Crippen molar-refractivity contribution in [1.82, 2.24) is 4.98 Å². The number of aliphatic hydroxyl groups excluding tert-OH is 2. The van der Waals surface area contributed by atoms with E-state index in [1.165, 1.54) is 0 Å². The Labute approximate surface area is 84.4 Å². The number of aryl methyl sites for hydroxylation is 1. The molecule has 0 spiro atoms. The summed E-state index contributed by atoms with van der Waals surface area (Å²) < 4.78 is 0. The number of nitrogens with zero attached hydrogens (tertiary/aromatic N) is 1. The van der Waals surface area contributed by atoms with Crippen LogP contribution in [0.5, 0.6) is 0 Å². The molecule has 78 valence electrons. The molecule has 0 radical (unpaired) electrons. The van der Waals surface area contributed by atoms with E-state index < -0.39 is 12.2 Å². The molecule has 0 aliphatic rings. The molecule has 3 atom stereocenters. The minimum atomic E-state index is -0.726. The quantitative estimate of drug-likeness (QED) is 0.762. The van der Waals surface area contributed by atoms with Gasteiger partial charge in [0.25, 0.3) is 0 Å². The summed E-state index contributed by atoms with van der Waals surface area (Å²) in [5.41, 5.74) is 2.08. The summed E-state index contributed by atoms with van der Waals surface area (Å²) in [6.45, 7) is 5.45. The number of rotatable bonds is 3. The molecule has 3 heteroatoms. The van der Waals surface area contributed by atoms with Gasteiger partial charge in [0, 0.05) is 18.3 Å². The van der Waals surface area contributed by atoms with Crippen molar-refractivity contribution in [1.29, 1.82) is 0 Å². The Morgan fingerprint density at radius 2 is 1.93 bits per heavy atom. The Hall–Kier alpha value is -0.930. The number of hydrogen-bond acceptors (Lipinski definition) is 3. The van der Waals surface area contributed by atoms with E-state index in [9.17, 15) is 10.2 Å². The molecule has 0 aliphatic heterocycles. The summed E-state index contributed by atoms with van der Waals surface area (Å²) in [6.07, 6.45) is 2.03. The van der Waals surface area contributed by atoms with Crippen molar-refractivity contribution in [2.75, 3.05) is 0 Å². The largest absolute Gasteiger partial charge is 0.391 e. The van der Waals surface area contributed by atoms with Gasteiger partial charge in [-0.1, -0.05) is 6.92 Å². The average Bonchev–Trinajstić information content (AvgIpc) is 2.16. The van der Waals surface area contributed by atoms with E-state index in [1.54, 1.807) is 19.3 Å². The first kappa shape index (κ1) is 11.1. The van der Waals surface area contributed by atoms with Crippen LogP contribution in [-0.4, -0.2) is 27.4 Å². The van der Waals surface area contributed by atoms with Gasteiger partial charge in [-0.25, -0.2) is 0 Å². The topological polar surface area (TPSA) is 53.4 Å². The number of aliphatic hydroxyl groups is 2. The molecular formula is C11H17NO2. The van der Waals surface area contributed by atoms with Gasteiger partial charge in [-0.15, -0.1) is 0 Å². The average molecular weight is 195 g/mol. The van der Waals surface area contributed by atoms with E-state index >= 15 is 0 Å². The second kappa shape index (κ2) is 4.53. The van der Waals surface area contributed by atoms with Crippen molar-refractivity contribution in [3.8, 4) is 0 Å². The van der Waals surface area contributed by atoms with Gasteiger partial charge in [0.05, 0.1) is 12.2 Å². The molecule has 0 saturated heterocycles. The summed E-state index contributed by atoms with van der Waals surface area (Å²) in [5, 5.41) is 19.0. The smallest absolute Gasteiger partial charge is 0.0862 e. The highest BCUT2D eigenvalue weighted by Crippen LogP contribution is 2.23. The number of pyridine rings is 1. The maximum atomic E-state index is 9.70. The predicted octanol–water partition coefficient (Wildman–Crippen LogP) is 1.24. The first-order valence-electron chi connectivity index (χ1n) is 4.80. The molecule has 1 rings (SSSR count). The second-order valence-electron chi connectivity index (χ2n) is 3.75. The lowest BCUT2D eigenvalue weighted by molar-refractivity contribution is 0.0170. The summed E-state index contributed by atoms with van der Waals surface area (Å²) in [6, 6.07) is 1.88. The van der Waals surface area contributed by atoms with Crippen LogP contribution in [0.15, 0.2) is 18.5 Å². The molecule has 14 heavy (non-hydrogen) atoms. The van der Waals surface area contributed by atoms with E-state index in [0.717, 1.165) is 11.1 Å². The lowest BCUT2D eigenvalue weighted by Gasteiger charge is -2.22.